The Morgan fingerprint density at radius 3 is 2.50 bits per heavy atom. The molecule has 1 rings (SSSR count). The second-order valence-corrected chi connectivity index (χ2v) is 2.59. The van der Waals surface area contributed by atoms with Crippen LogP contribution in [0, 0.1) is 0 Å². The van der Waals surface area contributed by atoms with E-state index < -0.39 is 6.10 Å². The Morgan fingerprint density at radius 1 is 1.58 bits per heavy atom. The van der Waals surface area contributed by atoms with Gasteiger partial charge in [0.15, 0.2) is 11.6 Å². The van der Waals surface area contributed by atoms with Crippen LogP contribution in [0.25, 0.3) is 0 Å². The van der Waals surface area contributed by atoms with Crippen LogP contribution in [-0.4, -0.2) is 22.8 Å². The monoisotopic (exact) mass is 243 g/mol. The van der Waals surface area contributed by atoms with Crippen LogP contribution in [0.2, 0.25) is 0 Å². The van der Waals surface area contributed by atoms with E-state index in [0.29, 0.717) is 6.42 Å². The fraction of sp³-hybridized carbons (Fsp3) is 0.500. The predicted octanol–water partition coefficient (Wildman–Crippen LogP) is 0.223. The Hall–Kier alpha value is 0.144. The first kappa shape index (κ1) is 12.1. The molecule has 3 nitrogen and oxygen atoms in total. The number of Topliss-reactive ketones (excluding diaryl/α,β-unsaturated/α-hetero) is 1. The number of carbonyl (C=O) groups is 2. The van der Waals surface area contributed by atoms with Gasteiger partial charge >= 0.3 is 0 Å². The van der Waals surface area contributed by atoms with Crippen molar-refractivity contribution in [2.45, 2.75) is 25.9 Å². The fourth-order valence-corrected chi connectivity index (χ4v) is 1.07. The molecule has 0 fully saturated rings. The van der Waals surface area contributed by atoms with Crippen molar-refractivity contribution < 1.29 is 47.4 Å². The first-order valence-corrected chi connectivity index (χ1v) is 3.60. The Kier molecular flexibility index (Phi) is 5.06. The molecule has 1 aliphatic carbocycles. The zero-order chi connectivity index (χ0) is 8.43. The van der Waals surface area contributed by atoms with Crippen LogP contribution in [0.3, 0.4) is 0 Å². The van der Waals surface area contributed by atoms with Crippen molar-refractivity contribution in [3.8, 4) is 0 Å². The SMILES string of the molecule is CCC(O)C1=CC(=O)CC1=O.[Y]. The third-order valence-electron chi connectivity index (χ3n) is 1.72. The molecule has 0 aromatic rings. The van der Waals surface area contributed by atoms with E-state index in [2.05, 4.69) is 0 Å². The largest absolute Gasteiger partial charge is 0.388 e. The second kappa shape index (κ2) is 5.00. The van der Waals surface area contributed by atoms with Crippen LogP contribution >= 0.6 is 0 Å². The van der Waals surface area contributed by atoms with Crippen LogP contribution in [0.4, 0.5) is 0 Å². The molecule has 12 heavy (non-hydrogen) atoms. The Balaban J connectivity index is 0.00000121. The molecule has 4 heteroatoms. The minimum Gasteiger partial charge on any atom is -0.388 e. The van der Waals surface area contributed by atoms with E-state index in [1.54, 1.807) is 6.92 Å². The maximum atomic E-state index is 10.9. The van der Waals surface area contributed by atoms with E-state index >= 15 is 0 Å². The molecular weight excluding hydrogens is 233 g/mol. The molecule has 63 valence electrons. The number of rotatable bonds is 2. The molecule has 0 bridgehead atoms. The van der Waals surface area contributed by atoms with E-state index in [1.807, 2.05) is 0 Å². The molecule has 0 amide bonds. The Bertz CT molecular complexity index is 232. The van der Waals surface area contributed by atoms with E-state index in [1.165, 1.54) is 6.08 Å². The van der Waals surface area contributed by atoms with Gasteiger partial charge in [-0.2, -0.15) is 0 Å². The Labute approximate surface area is 96.1 Å². The number of aliphatic hydroxyl groups is 1. The molecule has 0 heterocycles. The van der Waals surface area contributed by atoms with Crippen molar-refractivity contribution in [1.82, 2.24) is 0 Å². The summed E-state index contributed by atoms with van der Waals surface area (Å²) in [5, 5.41) is 9.20. The summed E-state index contributed by atoms with van der Waals surface area (Å²) in [5.41, 5.74) is 0.275. The average Bonchev–Trinajstić information content (AvgIpc) is 2.28. The van der Waals surface area contributed by atoms with Crippen molar-refractivity contribution in [2.24, 2.45) is 0 Å². The van der Waals surface area contributed by atoms with Crippen molar-refractivity contribution in [3.05, 3.63) is 11.6 Å². The molecule has 0 aromatic heterocycles. The van der Waals surface area contributed by atoms with Gasteiger partial charge in [-0.3, -0.25) is 9.59 Å². The maximum absolute atomic E-state index is 10.9. The van der Waals surface area contributed by atoms with Crippen LogP contribution in [0.1, 0.15) is 19.8 Å². The van der Waals surface area contributed by atoms with Crippen molar-refractivity contribution >= 4 is 11.6 Å². The van der Waals surface area contributed by atoms with Gasteiger partial charge in [0, 0.05) is 38.3 Å². The second-order valence-electron chi connectivity index (χ2n) is 2.59. The van der Waals surface area contributed by atoms with Crippen LogP contribution in [0.15, 0.2) is 11.6 Å². The van der Waals surface area contributed by atoms with Crippen molar-refractivity contribution in [1.29, 1.82) is 0 Å². The predicted molar refractivity (Wildman–Crippen MR) is 39.0 cm³/mol. The van der Waals surface area contributed by atoms with Crippen molar-refractivity contribution in [2.75, 3.05) is 0 Å². The number of aliphatic hydroxyl groups excluding tert-OH is 1. The van der Waals surface area contributed by atoms with Gasteiger partial charge in [-0.1, -0.05) is 6.92 Å². The molecular formula is C8H10O3Y. The van der Waals surface area contributed by atoms with Gasteiger partial charge in [0.1, 0.15) is 0 Å². The van der Waals surface area contributed by atoms with E-state index in [4.69, 9.17) is 0 Å². The molecule has 0 saturated carbocycles. The molecule has 0 spiro atoms. The van der Waals surface area contributed by atoms with Gasteiger partial charge in [-0.05, 0) is 12.5 Å². The maximum Gasteiger partial charge on any atom is 0.169 e. The normalized spacial score (nSPS) is 18.7. The summed E-state index contributed by atoms with van der Waals surface area (Å²) in [4.78, 5) is 21.6. The first-order valence-electron chi connectivity index (χ1n) is 3.60. The standard InChI is InChI=1S/C8H10O3.Y/c1-2-7(10)6-3-5(9)4-8(6)11;/h3,7,10H,2,4H2,1H3;. The molecule has 0 aromatic carbocycles. The van der Waals surface area contributed by atoms with Gasteiger partial charge in [-0.25, -0.2) is 0 Å². The summed E-state index contributed by atoms with van der Waals surface area (Å²) in [6.45, 7) is 1.77. The molecule has 1 atom stereocenters. The zero-order valence-electron chi connectivity index (χ0n) is 6.91. The van der Waals surface area contributed by atoms with Gasteiger partial charge in [0.05, 0.1) is 12.5 Å². The van der Waals surface area contributed by atoms with Gasteiger partial charge in [-0.15, -0.1) is 0 Å². The Morgan fingerprint density at radius 2 is 2.17 bits per heavy atom. The van der Waals surface area contributed by atoms with Crippen LogP contribution < -0.4 is 0 Å². The van der Waals surface area contributed by atoms with Crippen LogP contribution in [0.5, 0.6) is 0 Å². The van der Waals surface area contributed by atoms with Crippen LogP contribution in [-0.2, 0) is 42.3 Å². The molecule has 1 aliphatic rings. The first-order chi connectivity index (χ1) is 5.15. The molecule has 1 unspecified atom stereocenters. The third-order valence-corrected chi connectivity index (χ3v) is 1.72. The number of hydrogen-bond acceptors (Lipinski definition) is 3. The zero-order valence-corrected chi connectivity index (χ0v) is 9.75. The summed E-state index contributed by atoms with van der Waals surface area (Å²) in [7, 11) is 0. The fourth-order valence-electron chi connectivity index (χ4n) is 1.07. The van der Waals surface area contributed by atoms with Crippen molar-refractivity contribution in [3.63, 3.8) is 0 Å². The van der Waals surface area contributed by atoms with Gasteiger partial charge in [0.25, 0.3) is 0 Å². The topological polar surface area (TPSA) is 54.4 Å². The molecule has 0 aliphatic heterocycles. The third kappa shape index (κ3) is 2.58. The van der Waals surface area contributed by atoms with Gasteiger partial charge in [0.2, 0.25) is 0 Å². The number of carbonyl (C=O) groups excluding carboxylic acids is 2. The average molecular weight is 243 g/mol. The molecule has 1 radical (unpaired) electrons. The van der Waals surface area contributed by atoms with E-state index in [9.17, 15) is 14.7 Å². The van der Waals surface area contributed by atoms with Gasteiger partial charge < -0.3 is 5.11 Å². The molecule has 0 saturated heterocycles. The number of ketones is 2. The number of allylic oxidation sites excluding steroid dienone is 1. The smallest absolute Gasteiger partial charge is 0.169 e. The summed E-state index contributed by atoms with van der Waals surface area (Å²) >= 11 is 0. The summed E-state index contributed by atoms with van der Waals surface area (Å²) < 4.78 is 0. The molecule has 1 N–H and O–H groups in total. The summed E-state index contributed by atoms with van der Waals surface area (Å²) in [6, 6.07) is 0. The minimum atomic E-state index is -0.756. The quantitative estimate of drug-likeness (QED) is 0.706. The number of hydrogen-bond donors (Lipinski definition) is 1. The summed E-state index contributed by atoms with van der Waals surface area (Å²) in [6.07, 6.45) is 0.905. The van der Waals surface area contributed by atoms with E-state index in [0.717, 1.165) is 0 Å². The van der Waals surface area contributed by atoms with E-state index in [-0.39, 0.29) is 56.3 Å². The minimum absolute atomic E-state index is 0. The summed E-state index contributed by atoms with van der Waals surface area (Å²) in [5.74, 6) is -0.429.